The van der Waals surface area contributed by atoms with Crippen LogP contribution < -0.4 is 0 Å². The Hall–Kier alpha value is -2.69. The van der Waals surface area contributed by atoms with Crippen molar-refractivity contribution >= 4 is 11.9 Å². The molecule has 1 heterocycles. The van der Waals surface area contributed by atoms with E-state index in [1.807, 2.05) is 12.1 Å². The molecule has 0 amide bonds. The summed E-state index contributed by atoms with van der Waals surface area (Å²) in [5, 5.41) is 0. The summed E-state index contributed by atoms with van der Waals surface area (Å²) in [5.41, 5.74) is -0.246. The van der Waals surface area contributed by atoms with E-state index in [-0.39, 0.29) is 19.6 Å². The van der Waals surface area contributed by atoms with Gasteiger partial charge in [0.05, 0.1) is 13.2 Å². The molecule has 0 aliphatic heterocycles. The first-order valence-electron chi connectivity index (χ1n) is 7.94. The summed E-state index contributed by atoms with van der Waals surface area (Å²) >= 11 is 0. The average Bonchev–Trinajstić information content (AvgIpc) is 2.61. The van der Waals surface area contributed by atoms with Gasteiger partial charge in [0.25, 0.3) is 0 Å². The van der Waals surface area contributed by atoms with Crippen molar-refractivity contribution in [1.82, 2.24) is 4.98 Å². The lowest BCUT2D eigenvalue weighted by atomic mass is 9.75. The molecule has 2 rings (SSSR count). The van der Waals surface area contributed by atoms with Crippen molar-refractivity contribution in [2.45, 2.75) is 25.7 Å². The van der Waals surface area contributed by atoms with Crippen LogP contribution in [0.4, 0.5) is 0 Å². The summed E-state index contributed by atoms with van der Waals surface area (Å²) in [6.07, 6.45) is 3.40. The van der Waals surface area contributed by atoms with Gasteiger partial charge in [-0.2, -0.15) is 0 Å². The Labute approximate surface area is 141 Å². The first-order chi connectivity index (χ1) is 11.6. The fraction of sp³-hybridized carbons (Fsp3) is 0.316. The molecule has 0 N–H and O–H groups in total. The zero-order valence-corrected chi connectivity index (χ0v) is 13.9. The smallest absolute Gasteiger partial charge is 0.328 e. The maximum atomic E-state index is 12.8. The quantitative estimate of drug-likeness (QED) is 0.578. The maximum absolute atomic E-state index is 12.8. The molecule has 0 saturated carbocycles. The summed E-state index contributed by atoms with van der Waals surface area (Å²) in [4.78, 5) is 29.8. The fourth-order valence-electron chi connectivity index (χ4n) is 2.61. The number of hydrogen-bond donors (Lipinski definition) is 0. The van der Waals surface area contributed by atoms with Gasteiger partial charge in [0.1, 0.15) is 0 Å². The molecule has 0 saturated heterocycles. The fourth-order valence-corrected chi connectivity index (χ4v) is 2.61. The third kappa shape index (κ3) is 3.62. The van der Waals surface area contributed by atoms with Crippen LogP contribution >= 0.6 is 0 Å². The van der Waals surface area contributed by atoms with Gasteiger partial charge in [-0.1, -0.05) is 36.4 Å². The minimum Gasteiger partial charge on any atom is -0.465 e. The molecule has 0 spiro atoms. The van der Waals surface area contributed by atoms with E-state index in [0.717, 1.165) is 5.56 Å². The third-order valence-corrected chi connectivity index (χ3v) is 3.71. The highest BCUT2D eigenvalue weighted by atomic mass is 16.6. The number of hydrogen-bond acceptors (Lipinski definition) is 5. The number of rotatable bonds is 7. The monoisotopic (exact) mass is 327 g/mol. The average molecular weight is 327 g/mol. The van der Waals surface area contributed by atoms with Gasteiger partial charge in [-0.25, -0.2) is 0 Å². The van der Waals surface area contributed by atoms with E-state index in [9.17, 15) is 9.59 Å². The zero-order chi connectivity index (χ0) is 17.4. The summed E-state index contributed by atoms with van der Waals surface area (Å²) < 4.78 is 10.5. The second-order valence-electron chi connectivity index (χ2n) is 5.25. The first kappa shape index (κ1) is 17.7. The molecule has 1 aromatic carbocycles. The molecule has 0 aliphatic rings. The predicted octanol–water partition coefficient (Wildman–Crippen LogP) is 2.69. The third-order valence-electron chi connectivity index (χ3n) is 3.71. The second kappa shape index (κ2) is 8.24. The van der Waals surface area contributed by atoms with Gasteiger partial charge in [0.2, 0.25) is 0 Å². The van der Waals surface area contributed by atoms with E-state index in [1.54, 1.807) is 56.6 Å². The van der Waals surface area contributed by atoms with Crippen LogP contribution in [-0.4, -0.2) is 30.1 Å². The van der Waals surface area contributed by atoms with Crippen LogP contribution in [0.1, 0.15) is 25.0 Å². The van der Waals surface area contributed by atoms with Gasteiger partial charge >= 0.3 is 11.9 Å². The molecule has 0 unspecified atom stereocenters. The molecule has 5 nitrogen and oxygen atoms in total. The molecule has 0 fully saturated rings. The van der Waals surface area contributed by atoms with Gasteiger partial charge in [-0.05, 0) is 31.0 Å². The van der Waals surface area contributed by atoms with E-state index in [4.69, 9.17) is 9.47 Å². The van der Waals surface area contributed by atoms with Crippen LogP contribution in [0.15, 0.2) is 54.9 Å². The zero-order valence-electron chi connectivity index (χ0n) is 13.9. The number of carbonyl (C=O) groups is 2. The molecular weight excluding hydrogens is 306 g/mol. The van der Waals surface area contributed by atoms with E-state index >= 15 is 0 Å². The SMILES string of the molecule is CCOC(=O)C(Cc1cccnc1)(C(=O)OCC)c1ccccc1. The summed E-state index contributed by atoms with van der Waals surface area (Å²) in [5.74, 6) is -1.22. The van der Waals surface area contributed by atoms with Crippen molar-refractivity contribution in [1.29, 1.82) is 0 Å². The van der Waals surface area contributed by atoms with Gasteiger partial charge in [0.15, 0.2) is 5.41 Å². The highest BCUT2D eigenvalue weighted by Gasteiger charge is 2.50. The molecule has 0 bridgehead atoms. The van der Waals surface area contributed by atoms with Crippen molar-refractivity contribution in [2.75, 3.05) is 13.2 Å². The summed E-state index contributed by atoms with van der Waals surface area (Å²) in [6.45, 7) is 3.78. The number of nitrogens with zero attached hydrogens (tertiary/aromatic N) is 1. The number of esters is 2. The lowest BCUT2D eigenvalue weighted by molar-refractivity contribution is -0.164. The number of pyridine rings is 1. The maximum Gasteiger partial charge on any atom is 0.328 e. The molecule has 0 radical (unpaired) electrons. The standard InChI is InChI=1S/C19H21NO4/c1-3-23-17(21)19(18(22)24-4-2,16-10-6-5-7-11-16)13-15-9-8-12-20-14-15/h5-12,14H,3-4,13H2,1-2H3. The molecule has 0 aliphatic carbocycles. The molecule has 0 atom stereocenters. The number of aromatic nitrogens is 1. The minimum absolute atomic E-state index is 0.127. The molecular formula is C19H21NO4. The normalized spacial score (nSPS) is 10.9. The van der Waals surface area contributed by atoms with Crippen LogP contribution in [-0.2, 0) is 30.9 Å². The Morgan fingerprint density at radius 1 is 0.958 bits per heavy atom. The number of ether oxygens (including phenoxy) is 2. The van der Waals surface area contributed by atoms with Crippen LogP contribution in [0.2, 0.25) is 0 Å². The van der Waals surface area contributed by atoms with E-state index in [2.05, 4.69) is 4.98 Å². The van der Waals surface area contributed by atoms with Crippen molar-refractivity contribution in [3.63, 3.8) is 0 Å². The van der Waals surface area contributed by atoms with Crippen molar-refractivity contribution in [2.24, 2.45) is 0 Å². The second-order valence-corrected chi connectivity index (χ2v) is 5.25. The highest BCUT2D eigenvalue weighted by molar-refractivity contribution is 6.06. The first-order valence-corrected chi connectivity index (χ1v) is 7.94. The van der Waals surface area contributed by atoms with Crippen LogP contribution in [0.3, 0.4) is 0 Å². The van der Waals surface area contributed by atoms with E-state index in [0.29, 0.717) is 5.56 Å². The topological polar surface area (TPSA) is 65.5 Å². The lowest BCUT2D eigenvalue weighted by Crippen LogP contribution is -2.48. The van der Waals surface area contributed by atoms with Crippen LogP contribution in [0, 0.1) is 0 Å². The summed E-state index contributed by atoms with van der Waals surface area (Å²) in [7, 11) is 0. The van der Waals surface area contributed by atoms with Crippen LogP contribution in [0.25, 0.3) is 0 Å². The van der Waals surface area contributed by atoms with E-state index in [1.165, 1.54) is 0 Å². The molecule has 126 valence electrons. The Kier molecular flexibility index (Phi) is 6.07. The number of benzene rings is 1. The van der Waals surface area contributed by atoms with Gasteiger partial charge in [0, 0.05) is 18.8 Å². The van der Waals surface area contributed by atoms with E-state index < -0.39 is 17.4 Å². The van der Waals surface area contributed by atoms with Gasteiger partial charge < -0.3 is 9.47 Å². The molecule has 5 heteroatoms. The lowest BCUT2D eigenvalue weighted by Gasteiger charge is -2.29. The van der Waals surface area contributed by atoms with Gasteiger partial charge in [-0.3, -0.25) is 14.6 Å². The van der Waals surface area contributed by atoms with Crippen molar-refractivity contribution in [3.8, 4) is 0 Å². The Morgan fingerprint density at radius 2 is 1.58 bits per heavy atom. The van der Waals surface area contributed by atoms with Crippen molar-refractivity contribution in [3.05, 3.63) is 66.0 Å². The number of carbonyl (C=O) groups excluding carboxylic acids is 2. The van der Waals surface area contributed by atoms with Gasteiger partial charge in [-0.15, -0.1) is 0 Å². The molecule has 2 aromatic rings. The predicted molar refractivity (Wildman–Crippen MR) is 89.3 cm³/mol. The molecule has 24 heavy (non-hydrogen) atoms. The van der Waals surface area contributed by atoms with Crippen LogP contribution in [0.5, 0.6) is 0 Å². The highest BCUT2D eigenvalue weighted by Crippen LogP contribution is 2.32. The Balaban J connectivity index is 2.58. The Bertz CT molecular complexity index is 652. The van der Waals surface area contributed by atoms with Crippen molar-refractivity contribution < 1.29 is 19.1 Å². The Morgan fingerprint density at radius 3 is 2.08 bits per heavy atom. The minimum atomic E-state index is -1.55. The molecule has 1 aromatic heterocycles. The summed E-state index contributed by atoms with van der Waals surface area (Å²) in [6, 6.07) is 12.5. The largest absolute Gasteiger partial charge is 0.465 e.